The second kappa shape index (κ2) is 11.7. The van der Waals surface area contributed by atoms with E-state index in [1.54, 1.807) is 24.3 Å². The van der Waals surface area contributed by atoms with E-state index >= 15 is 0 Å². The van der Waals surface area contributed by atoms with E-state index in [1.807, 2.05) is 24.3 Å². The highest BCUT2D eigenvalue weighted by atomic mass is 16.5. The molecule has 2 amide bonds. The molecule has 2 aliphatic rings. The number of anilines is 4. The summed E-state index contributed by atoms with van der Waals surface area (Å²) in [6.45, 7) is 9.60. The van der Waals surface area contributed by atoms with Crippen LogP contribution in [-0.2, 0) is 9.47 Å². The molecule has 204 valence electrons. The predicted octanol–water partition coefficient (Wildman–Crippen LogP) is 3.84. The highest BCUT2D eigenvalue weighted by Gasteiger charge is 2.27. The van der Waals surface area contributed by atoms with Crippen molar-refractivity contribution in [2.24, 2.45) is 0 Å². The number of hydrogen-bond donors (Lipinski definition) is 2. The molecule has 0 unspecified atom stereocenters. The molecule has 2 atom stereocenters. The first-order valence-electron chi connectivity index (χ1n) is 13.1. The lowest BCUT2D eigenvalue weighted by Gasteiger charge is -2.36. The summed E-state index contributed by atoms with van der Waals surface area (Å²) < 4.78 is 11.2. The number of nitrogens with one attached hydrogen (secondary N) is 2. The smallest absolute Gasteiger partial charge is 0.323 e. The van der Waals surface area contributed by atoms with Gasteiger partial charge in [0, 0.05) is 35.6 Å². The SMILES string of the molecule is CC(=O)c1ccc(NC(=O)Nc2ccc(-c3nc(N4CCOC[C@H]4C)nc(N4CCOC[C@H]4C)n3)cc2)cc1. The van der Waals surface area contributed by atoms with Gasteiger partial charge in [-0.3, -0.25) is 4.79 Å². The van der Waals surface area contributed by atoms with Crippen LogP contribution in [0.5, 0.6) is 0 Å². The third kappa shape index (κ3) is 6.32. The Bertz CT molecular complexity index is 1280. The fraction of sp³-hybridized carbons (Fsp3) is 0.393. The molecular weight excluding hydrogens is 498 g/mol. The summed E-state index contributed by atoms with van der Waals surface area (Å²) in [5.74, 6) is 1.79. The molecule has 2 aromatic carbocycles. The first-order valence-corrected chi connectivity index (χ1v) is 13.1. The van der Waals surface area contributed by atoms with Crippen molar-refractivity contribution >= 4 is 35.1 Å². The minimum atomic E-state index is -0.384. The molecule has 2 saturated heterocycles. The van der Waals surface area contributed by atoms with Crippen LogP contribution in [-0.4, -0.2) is 78.4 Å². The first-order chi connectivity index (χ1) is 18.9. The van der Waals surface area contributed by atoms with Crippen LogP contribution in [0.25, 0.3) is 11.4 Å². The fourth-order valence-corrected chi connectivity index (χ4v) is 4.57. The Morgan fingerprint density at radius 1 is 0.769 bits per heavy atom. The topological polar surface area (TPSA) is 122 Å². The van der Waals surface area contributed by atoms with E-state index in [4.69, 9.17) is 24.4 Å². The molecule has 11 heteroatoms. The van der Waals surface area contributed by atoms with Gasteiger partial charge in [-0.25, -0.2) is 4.79 Å². The molecule has 0 radical (unpaired) electrons. The largest absolute Gasteiger partial charge is 0.377 e. The van der Waals surface area contributed by atoms with Gasteiger partial charge in [-0.2, -0.15) is 15.0 Å². The summed E-state index contributed by atoms with van der Waals surface area (Å²) in [6, 6.07) is 14.0. The normalized spacial score (nSPS) is 19.5. The van der Waals surface area contributed by atoms with Gasteiger partial charge < -0.3 is 29.9 Å². The standard InChI is InChI=1S/C28H33N7O4/c1-18-16-38-14-12-34(18)26-31-25(32-27(33-26)35-13-15-39-17-19(35)2)22-6-10-24(11-7-22)30-28(37)29-23-8-4-21(5-9-23)20(3)36/h4-11,18-19H,12-17H2,1-3H3,(H2,29,30,37)/t18-,19-/m1/s1. The molecule has 0 spiro atoms. The number of hydrogen-bond acceptors (Lipinski definition) is 9. The molecule has 3 heterocycles. The Morgan fingerprint density at radius 3 is 1.72 bits per heavy atom. The van der Waals surface area contributed by atoms with Crippen LogP contribution in [0, 0.1) is 0 Å². The number of ether oxygens (including phenoxy) is 2. The van der Waals surface area contributed by atoms with Gasteiger partial charge in [0.05, 0.1) is 38.5 Å². The van der Waals surface area contributed by atoms with Crippen LogP contribution in [0.2, 0.25) is 0 Å². The van der Waals surface area contributed by atoms with Crippen molar-refractivity contribution < 1.29 is 19.1 Å². The van der Waals surface area contributed by atoms with Gasteiger partial charge in [0.2, 0.25) is 11.9 Å². The summed E-state index contributed by atoms with van der Waals surface area (Å²) >= 11 is 0. The number of urea groups is 1. The number of ketones is 1. The molecular formula is C28H33N7O4. The van der Waals surface area contributed by atoms with Gasteiger partial charge in [0.15, 0.2) is 11.6 Å². The lowest BCUT2D eigenvalue weighted by Crippen LogP contribution is -2.46. The summed E-state index contributed by atoms with van der Waals surface area (Å²) in [6.07, 6.45) is 0. The van der Waals surface area contributed by atoms with Gasteiger partial charge in [-0.1, -0.05) is 0 Å². The maximum Gasteiger partial charge on any atom is 0.323 e. The Labute approximate surface area is 227 Å². The second-order valence-electron chi connectivity index (χ2n) is 9.78. The zero-order valence-corrected chi connectivity index (χ0v) is 22.4. The Balaban J connectivity index is 1.35. The van der Waals surface area contributed by atoms with E-state index in [0.29, 0.717) is 74.2 Å². The van der Waals surface area contributed by atoms with Gasteiger partial charge in [-0.15, -0.1) is 0 Å². The van der Waals surface area contributed by atoms with E-state index in [9.17, 15) is 9.59 Å². The maximum atomic E-state index is 12.5. The van der Waals surface area contributed by atoms with Crippen LogP contribution in [0.15, 0.2) is 48.5 Å². The van der Waals surface area contributed by atoms with Crippen molar-refractivity contribution in [2.75, 3.05) is 60.0 Å². The van der Waals surface area contributed by atoms with Crippen molar-refractivity contribution in [3.8, 4) is 11.4 Å². The quantitative estimate of drug-likeness (QED) is 0.457. The van der Waals surface area contributed by atoms with E-state index in [1.165, 1.54) is 6.92 Å². The molecule has 3 aromatic rings. The fourth-order valence-electron chi connectivity index (χ4n) is 4.57. The van der Waals surface area contributed by atoms with Gasteiger partial charge >= 0.3 is 6.03 Å². The molecule has 5 rings (SSSR count). The number of rotatable bonds is 6. The zero-order chi connectivity index (χ0) is 27.4. The molecule has 11 nitrogen and oxygen atoms in total. The number of nitrogens with zero attached hydrogens (tertiary/aromatic N) is 5. The highest BCUT2D eigenvalue weighted by molar-refractivity contribution is 6.00. The average Bonchev–Trinajstić information content (AvgIpc) is 2.94. The van der Waals surface area contributed by atoms with Crippen molar-refractivity contribution in [1.29, 1.82) is 0 Å². The van der Waals surface area contributed by atoms with Crippen LogP contribution in [0.3, 0.4) is 0 Å². The van der Waals surface area contributed by atoms with Crippen molar-refractivity contribution in [3.05, 3.63) is 54.1 Å². The van der Waals surface area contributed by atoms with Crippen LogP contribution >= 0.6 is 0 Å². The minimum Gasteiger partial charge on any atom is -0.377 e. The van der Waals surface area contributed by atoms with E-state index in [-0.39, 0.29) is 23.9 Å². The lowest BCUT2D eigenvalue weighted by molar-refractivity contribution is 0.0969. The highest BCUT2D eigenvalue weighted by Crippen LogP contribution is 2.26. The van der Waals surface area contributed by atoms with Crippen LogP contribution in [0.1, 0.15) is 31.1 Å². The number of amides is 2. The summed E-state index contributed by atoms with van der Waals surface area (Å²) in [5.41, 5.74) is 2.61. The van der Waals surface area contributed by atoms with Crippen LogP contribution < -0.4 is 20.4 Å². The average molecular weight is 532 g/mol. The van der Waals surface area contributed by atoms with E-state index in [0.717, 1.165) is 5.56 Å². The lowest BCUT2D eigenvalue weighted by atomic mass is 10.1. The first kappa shape index (κ1) is 26.5. The molecule has 0 saturated carbocycles. The molecule has 2 N–H and O–H groups in total. The molecule has 0 aliphatic carbocycles. The molecule has 0 bridgehead atoms. The Hall–Kier alpha value is -4.09. The predicted molar refractivity (Wildman–Crippen MR) is 150 cm³/mol. The summed E-state index contributed by atoms with van der Waals surface area (Å²) in [5, 5.41) is 5.60. The number of carbonyl (C=O) groups is 2. The molecule has 2 fully saturated rings. The molecule has 39 heavy (non-hydrogen) atoms. The van der Waals surface area contributed by atoms with Crippen molar-refractivity contribution in [1.82, 2.24) is 15.0 Å². The third-order valence-electron chi connectivity index (χ3n) is 6.81. The Kier molecular flexibility index (Phi) is 7.99. The van der Waals surface area contributed by atoms with Crippen molar-refractivity contribution in [3.63, 3.8) is 0 Å². The number of carbonyl (C=O) groups excluding carboxylic acids is 2. The number of morpholine rings is 2. The number of Topliss-reactive ketones (excluding diaryl/α,β-unsaturated/α-hetero) is 1. The Morgan fingerprint density at radius 2 is 1.26 bits per heavy atom. The van der Waals surface area contributed by atoms with E-state index in [2.05, 4.69) is 34.3 Å². The number of aromatic nitrogens is 3. The zero-order valence-electron chi connectivity index (χ0n) is 22.4. The van der Waals surface area contributed by atoms with Gasteiger partial charge in [0.1, 0.15) is 0 Å². The molecule has 1 aromatic heterocycles. The van der Waals surface area contributed by atoms with Crippen LogP contribution in [0.4, 0.5) is 28.1 Å². The second-order valence-corrected chi connectivity index (χ2v) is 9.78. The minimum absolute atomic E-state index is 0.0255. The summed E-state index contributed by atoms with van der Waals surface area (Å²) in [4.78, 5) is 42.8. The number of benzene rings is 2. The molecule has 2 aliphatic heterocycles. The summed E-state index contributed by atoms with van der Waals surface area (Å²) in [7, 11) is 0. The van der Waals surface area contributed by atoms with Gasteiger partial charge in [-0.05, 0) is 69.3 Å². The maximum absolute atomic E-state index is 12.5. The van der Waals surface area contributed by atoms with Gasteiger partial charge in [0.25, 0.3) is 0 Å². The third-order valence-corrected chi connectivity index (χ3v) is 6.81. The van der Waals surface area contributed by atoms with Crippen molar-refractivity contribution in [2.45, 2.75) is 32.9 Å². The van der Waals surface area contributed by atoms with E-state index < -0.39 is 0 Å². The monoisotopic (exact) mass is 531 g/mol.